The number of alkyl halides is 3. The second-order valence-electron chi connectivity index (χ2n) is 7.70. The zero-order valence-electron chi connectivity index (χ0n) is 16.8. The van der Waals surface area contributed by atoms with Gasteiger partial charge in [0.25, 0.3) is 0 Å². The van der Waals surface area contributed by atoms with Gasteiger partial charge in [0.2, 0.25) is 15.9 Å². The normalized spacial score (nSPS) is 18.2. The van der Waals surface area contributed by atoms with E-state index in [4.69, 9.17) is 0 Å². The van der Waals surface area contributed by atoms with Crippen LogP contribution in [0.3, 0.4) is 0 Å². The Morgan fingerprint density at radius 1 is 1.03 bits per heavy atom. The molecule has 3 heterocycles. The number of benzene rings is 1. The van der Waals surface area contributed by atoms with Gasteiger partial charge in [-0.05, 0) is 28.8 Å². The van der Waals surface area contributed by atoms with Gasteiger partial charge in [-0.1, -0.05) is 30.3 Å². The van der Waals surface area contributed by atoms with Crippen molar-refractivity contribution in [3.8, 4) is 0 Å². The molecule has 1 atom stereocenters. The molecule has 0 spiro atoms. The average molecular weight is 467 g/mol. The van der Waals surface area contributed by atoms with E-state index in [2.05, 4.69) is 4.98 Å². The molecule has 0 saturated heterocycles. The Balaban J connectivity index is 1.43. The first-order valence-corrected chi connectivity index (χ1v) is 11.2. The van der Waals surface area contributed by atoms with Crippen LogP contribution >= 0.6 is 0 Å². The molecule has 4 rings (SSSR count). The van der Waals surface area contributed by atoms with Gasteiger partial charge in [-0.3, -0.25) is 9.78 Å². The van der Waals surface area contributed by atoms with E-state index in [0.717, 1.165) is 17.2 Å². The summed E-state index contributed by atoms with van der Waals surface area (Å²) < 4.78 is 64.9. The molecule has 0 bridgehead atoms. The summed E-state index contributed by atoms with van der Waals surface area (Å²) in [6.07, 6.45) is -3.94. The maximum absolute atomic E-state index is 12.9. The van der Waals surface area contributed by atoms with Crippen LogP contribution in [0.4, 0.5) is 13.2 Å². The van der Waals surface area contributed by atoms with Crippen molar-refractivity contribution in [1.29, 1.82) is 0 Å². The van der Waals surface area contributed by atoms with E-state index in [1.165, 1.54) is 4.31 Å². The maximum atomic E-state index is 12.9. The Morgan fingerprint density at radius 2 is 1.66 bits per heavy atom. The van der Waals surface area contributed by atoms with Gasteiger partial charge < -0.3 is 10.0 Å². The number of aliphatic hydroxyl groups excluding tert-OH is 1. The molecule has 1 aromatic carbocycles. The SMILES string of the molecule is O=C(C(CO)c1ccccc1)N1CC2=C(C1)CN(S(=O)(=O)c1ccc(C(F)(F)F)nc1)C2. The van der Waals surface area contributed by atoms with E-state index < -0.39 is 27.8 Å². The Morgan fingerprint density at radius 3 is 2.16 bits per heavy atom. The van der Waals surface area contributed by atoms with Gasteiger partial charge in [0.15, 0.2) is 0 Å². The average Bonchev–Trinajstić information content (AvgIpc) is 3.34. The van der Waals surface area contributed by atoms with Crippen LogP contribution in [0.25, 0.3) is 0 Å². The molecule has 1 aromatic heterocycles. The summed E-state index contributed by atoms with van der Waals surface area (Å²) in [6, 6.07) is 10.5. The lowest BCUT2D eigenvalue weighted by Crippen LogP contribution is -2.39. The first-order chi connectivity index (χ1) is 15.1. The van der Waals surface area contributed by atoms with Crippen molar-refractivity contribution in [2.75, 3.05) is 32.8 Å². The highest BCUT2D eigenvalue weighted by molar-refractivity contribution is 7.89. The third kappa shape index (κ3) is 4.15. The smallest absolute Gasteiger partial charge is 0.395 e. The highest BCUT2D eigenvalue weighted by atomic mass is 32.2. The summed E-state index contributed by atoms with van der Waals surface area (Å²) in [5, 5.41) is 9.73. The van der Waals surface area contributed by atoms with Crippen LogP contribution in [0.5, 0.6) is 0 Å². The summed E-state index contributed by atoms with van der Waals surface area (Å²) in [5.74, 6) is -0.941. The lowest BCUT2D eigenvalue weighted by Gasteiger charge is -2.26. The molecule has 170 valence electrons. The fourth-order valence-electron chi connectivity index (χ4n) is 3.95. The van der Waals surface area contributed by atoms with E-state index in [-0.39, 0.29) is 43.6 Å². The van der Waals surface area contributed by atoms with E-state index >= 15 is 0 Å². The quantitative estimate of drug-likeness (QED) is 0.680. The van der Waals surface area contributed by atoms with Gasteiger partial charge >= 0.3 is 6.18 Å². The summed E-state index contributed by atoms with van der Waals surface area (Å²) >= 11 is 0. The Hall–Kier alpha value is -2.76. The molecule has 1 unspecified atom stereocenters. The van der Waals surface area contributed by atoms with Gasteiger partial charge in [0.1, 0.15) is 10.6 Å². The molecule has 2 aromatic rings. The zero-order valence-corrected chi connectivity index (χ0v) is 17.6. The van der Waals surface area contributed by atoms with Gasteiger partial charge in [-0.15, -0.1) is 0 Å². The number of hydrogen-bond acceptors (Lipinski definition) is 5. The zero-order chi connectivity index (χ0) is 23.1. The lowest BCUT2D eigenvalue weighted by molar-refractivity contribution is -0.141. The van der Waals surface area contributed by atoms with Gasteiger partial charge in [0.05, 0.1) is 12.5 Å². The number of aromatic nitrogens is 1. The second-order valence-corrected chi connectivity index (χ2v) is 9.64. The molecule has 0 fully saturated rings. The third-order valence-corrected chi connectivity index (χ3v) is 7.43. The molecule has 2 aliphatic heterocycles. The van der Waals surface area contributed by atoms with Crippen LogP contribution in [0.2, 0.25) is 0 Å². The van der Waals surface area contributed by atoms with Crippen LogP contribution in [0.1, 0.15) is 17.2 Å². The van der Waals surface area contributed by atoms with Crippen LogP contribution in [0.15, 0.2) is 64.7 Å². The Kier molecular flexibility index (Phi) is 5.82. The van der Waals surface area contributed by atoms with Crippen molar-refractivity contribution in [3.63, 3.8) is 0 Å². The van der Waals surface area contributed by atoms with Crippen molar-refractivity contribution >= 4 is 15.9 Å². The van der Waals surface area contributed by atoms with Gasteiger partial charge in [-0.2, -0.15) is 17.5 Å². The predicted molar refractivity (Wildman–Crippen MR) is 108 cm³/mol. The summed E-state index contributed by atoms with van der Waals surface area (Å²) in [7, 11) is -4.03. The molecule has 1 amide bonds. The molecular formula is C21H20F3N3O4S. The number of amides is 1. The number of pyridine rings is 1. The van der Waals surface area contributed by atoms with Crippen molar-refractivity contribution in [1.82, 2.24) is 14.2 Å². The predicted octanol–water partition coefficient (Wildman–Crippen LogP) is 2.02. The number of aliphatic hydroxyl groups is 1. The van der Waals surface area contributed by atoms with Gasteiger partial charge in [-0.25, -0.2) is 8.42 Å². The van der Waals surface area contributed by atoms with Crippen LogP contribution in [-0.2, 0) is 21.0 Å². The van der Waals surface area contributed by atoms with E-state index in [1.807, 2.05) is 6.07 Å². The molecular weight excluding hydrogens is 447 g/mol. The molecule has 11 heteroatoms. The van der Waals surface area contributed by atoms with E-state index in [1.54, 1.807) is 29.2 Å². The molecule has 2 aliphatic rings. The number of sulfonamides is 1. The monoisotopic (exact) mass is 467 g/mol. The first kappa shape index (κ1) is 22.4. The minimum absolute atomic E-state index is 0.0532. The van der Waals surface area contributed by atoms with Crippen molar-refractivity contribution in [2.45, 2.75) is 17.0 Å². The number of rotatable bonds is 5. The minimum Gasteiger partial charge on any atom is -0.395 e. The topological polar surface area (TPSA) is 90.8 Å². The summed E-state index contributed by atoms with van der Waals surface area (Å²) in [4.78, 5) is 17.4. The highest BCUT2D eigenvalue weighted by Gasteiger charge is 2.39. The first-order valence-electron chi connectivity index (χ1n) is 9.79. The molecule has 1 N–H and O–H groups in total. The van der Waals surface area contributed by atoms with Crippen LogP contribution in [0, 0.1) is 0 Å². The highest BCUT2D eigenvalue weighted by Crippen LogP contribution is 2.32. The fourth-order valence-corrected chi connectivity index (χ4v) is 5.33. The second kappa shape index (κ2) is 8.30. The van der Waals surface area contributed by atoms with Crippen molar-refractivity contribution < 1.29 is 31.5 Å². The Bertz CT molecular complexity index is 1130. The molecule has 7 nitrogen and oxygen atoms in total. The molecule has 0 radical (unpaired) electrons. The van der Waals surface area contributed by atoms with Crippen molar-refractivity contribution in [2.24, 2.45) is 0 Å². The standard InChI is InChI=1S/C21H20F3N3O4S/c22-21(23,24)19-7-6-17(8-25-19)32(30,31)27-11-15-9-26(10-16(15)12-27)20(29)18(13-28)14-4-2-1-3-5-14/h1-8,18,28H,9-13H2. The number of carbonyl (C=O) groups is 1. The third-order valence-electron chi connectivity index (χ3n) is 5.66. The van der Waals surface area contributed by atoms with E-state index in [0.29, 0.717) is 17.8 Å². The van der Waals surface area contributed by atoms with Crippen LogP contribution < -0.4 is 0 Å². The summed E-state index contributed by atoms with van der Waals surface area (Å²) in [5.41, 5.74) is 1.11. The molecule has 0 aliphatic carbocycles. The van der Waals surface area contributed by atoms with Crippen LogP contribution in [-0.4, -0.2) is 66.4 Å². The summed E-state index contributed by atoms with van der Waals surface area (Å²) in [6.45, 7) is 0.254. The van der Waals surface area contributed by atoms with E-state index in [9.17, 15) is 31.5 Å². The minimum atomic E-state index is -4.65. The lowest BCUT2D eigenvalue weighted by atomic mass is 9.98. The largest absolute Gasteiger partial charge is 0.433 e. The number of hydrogen-bond donors (Lipinski definition) is 1. The maximum Gasteiger partial charge on any atom is 0.433 e. The van der Waals surface area contributed by atoms with Crippen molar-refractivity contribution in [3.05, 3.63) is 71.1 Å². The number of halogens is 3. The van der Waals surface area contributed by atoms with Gasteiger partial charge in [0, 0.05) is 32.4 Å². The molecule has 0 saturated carbocycles. The molecule has 32 heavy (non-hydrogen) atoms. The Labute approximate surface area is 182 Å². The number of carbonyl (C=O) groups excluding carboxylic acids is 1. The number of nitrogens with zero attached hydrogens (tertiary/aromatic N) is 3. The fraction of sp³-hybridized carbons (Fsp3) is 0.333.